The molecule has 1 aliphatic heterocycles. The van der Waals surface area contributed by atoms with Gasteiger partial charge in [-0.1, -0.05) is 132 Å². The second-order valence-corrected chi connectivity index (χ2v) is 33.2. The van der Waals surface area contributed by atoms with Gasteiger partial charge in [-0.05, 0) is 95.9 Å². The van der Waals surface area contributed by atoms with Crippen molar-refractivity contribution in [3.63, 3.8) is 0 Å². The number of anilines is 1. The van der Waals surface area contributed by atoms with Crippen LogP contribution in [0.5, 0.6) is 0 Å². The van der Waals surface area contributed by atoms with Gasteiger partial charge in [-0.15, -0.1) is 68.0 Å². The van der Waals surface area contributed by atoms with Crippen LogP contribution in [-0.4, -0.2) is 49.1 Å². The van der Waals surface area contributed by atoms with E-state index in [1.54, 1.807) is 15.3 Å². The first-order valence-corrected chi connectivity index (χ1v) is 37.3. The molecule has 0 saturated heterocycles. The van der Waals surface area contributed by atoms with Gasteiger partial charge in [0.1, 0.15) is 41.5 Å². The minimum absolute atomic E-state index is 0.667. The fourth-order valence-corrected chi connectivity index (χ4v) is 28.5. The Kier molecular flexibility index (Phi) is 17.4. The van der Waals surface area contributed by atoms with Crippen molar-refractivity contribution < 1.29 is 0 Å². The molecule has 10 aromatic rings. The van der Waals surface area contributed by atoms with Gasteiger partial charge in [0.2, 0.25) is 0 Å². The fraction of sp³-hybridized carbons (Fsp3) is 0.500. The van der Waals surface area contributed by atoms with E-state index >= 15 is 0 Å². The smallest absolute Gasteiger partial charge is 0.132 e. The molecule has 0 amide bonds. The molecule has 0 aliphatic carbocycles. The Bertz CT molecular complexity index is 3470. The molecule has 16 heteroatoms. The molecule has 2 atom stereocenters. The zero-order valence-electron chi connectivity index (χ0n) is 45.7. The summed E-state index contributed by atoms with van der Waals surface area (Å²) in [5.41, 5.74) is 8.00. The molecular formula is C60H73N7S8Si. The van der Waals surface area contributed by atoms with Crippen LogP contribution in [0.2, 0.25) is 12.1 Å². The highest BCUT2D eigenvalue weighted by Gasteiger charge is 2.50. The van der Waals surface area contributed by atoms with Crippen molar-refractivity contribution in [3.8, 4) is 51.8 Å². The van der Waals surface area contributed by atoms with E-state index in [1.807, 2.05) is 68.0 Å². The lowest BCUT2D eigenvalue weighted by molar-refractivity contribution is 0.469. The Morgan fingerprint density at radius 3 is 1.41 bits per heavy atom. The number of fused-ring (bicyclic) bond motifs is 7. The lowest BCUT2D eigenvalue weighted by Gasteiger charge is -2.35. The van der Waals surface area contributed by atoms with Crippen molar-refractivity contribution in [2.75, 3.05) is 18.5 Å². The van der Waals surface area contributed by atoms with Crippen LogP contribution in [-0.2, 0) is 0 Å². The van der Waals surface area contributed by atoms with Crippen molar-refractivity contribution in [1.29, 1.82) is 0 Å². The first kappa shape index (κ1) is 54.6. The summed E-state index contributed by atoms with van der Waals surface area (Å²) in [6.45, 7) is 17.6. The summed E-state index contributed by atoms with van der Waals surface area (Å²) in [6, 6.07) is 17.5. The van der Waals surface area contributed by atoms with Gasteiger partial charge in [0.15, 0.2) is 0 Å². The standard InChI is InChI=1S/C60H73N7S8Si/c1-9-16-21-36(14-6)34-76(35-37(15-7)22-17-10-2)50-29-42(39-32-61-55(57-53(39)63-74-65-57)48-27-45-44(69-48)26-41(68-45)38(23-18-11-3)24-19-12-4)72-59(50)60-51(76)30-43(73-60)40-33-62-56(58-54(40)64-75-66-58)49-28-46-47(70-49)31-52(71-46)67(8)25-20-13-5/h26-33,36-38H,9-25,34-35H2,1-8H3. The van der Waals surface area contributed by atoms with E-state index in [9.17, 15) is 0 Å². The van der Waals surface area contributed by atoms with Crippen LogP contribution >= 0.6 is 91.5 Å². The third-order valence-electron chi connectivity index (χ3n) is 16.5. The molecule has 0 radical (unpaired) electrons. The third-order valence-corrected chi connectivity index (χ3v) is 30.7. The van der Waals surface area contributed by atoms with Gasteiger partial charge in [-0.25, -0.2) is 0 Å². The highest BCUT2D eigenvalue weighted by Crippen LogP contribution is 2.52. The van der Waals surface area contributed by atoms with Crippen molar-refractivity contribution in [2.45, 2.75) is 169 Å². The fourth-order valence-electron chi connectivity index (χ4n) is 12.0. The minimum atomic E-state index is -2.35. The molecule has 7 nitrogen and oxygen atoms in total. The van der Waals surface area contributed by atoms with Gasteiger partial charge in [0.25, 0.3) is 0 Å². The molecule has 2 unspecified atom stereocenters. The molecule has 1 aliphatic rings. The second kappa shape index (κ2) is 24.2. The van der Waals surface area contributed by atoms with Crippen molar-refractivity contribution in [2.24, 2.45) is 11.8 Å². The SMILES string of the molecule is CCCCC(CC)C[Si]1(CC(CC)CCCC)c2cc(-c3cnc(-c4cc5sc(C(CCCC)CCCC)cc5s4)c4nsnc34)sc2-c2sc(-c3cnc(-c4cc5sc(N(C)CCCC)cc5s4)c4nsnc34)cc21. The first-order valence-electron chi connectivity index (χ1n) is 28.5. The Morgan fingerprint density at radius 1 is 0.474 bits per heavy atom. The average molecular weight is 1180 g/mol. The van der Waals surface area contributed by atoms with E-state index in [2.05, 4.69) is 109 Å². The number of rotatable bonds is 27. The van der Waals surface area contributed by atoms with Gasteiger partial charge < -0.3 is 4.90 Å². The quantitative estimate of drug-likeness (QED) is 0.0475. The summed E-state index contributed by atoms with van der Waals surface area (Å²) in [4.78, 5) is 22.5. The maximum atomic E-state index is 5.34. The van der Waals surface area contributed by atoms with Gasteiger partial charge in [0, 0.05) is 80.3 Å². The number of aromatic nitrogens is 6. The van der Waals surface area contributed by atoms with Gasteiger partial charge in [-0.2, -0.15) is 17.5 Å². The number of hydrogen-bond donors (Lipinski definition) is 0. The van der Waals surface area contributed by atoms with Crippen LogP contribution < -0.4 is 15.3 Å². The van der Waals surface area contributed by atoms with Gasteiger partial charge in [0.05, 0.1) is 38.2 Å². The predicted molar refractivity (Wildman–Crippen MR) is 345 cm³/mol. The monoisotopic (exact) mass is 1180 g/mol. The highest BCUT2D eigenvalue weighted by molar-refractivity contribution is 7.32. The number of thiophene rings is 6. The number of nitrogens with zero attached hydrogens (tertiary/aromatic N) is 7. The molecule has 11 heterocycles. The average Bonchev–Trinajstić information content (AvgIpc) is 4.42. The first-order chi connectivity index (χ1) is 37.2. The highest BCUT2D eigenvalue weighted by atomic mass is 32.1. The normalized spacial score (nSPS) is 15.4. The van der Waals surface area contributed by atoms with Gasteiger partial charge in [-0.3, -0.25) is 9.97 Å². The summed E-state index contributed by atoms with van der Waals surface area (Å²) in [6.07, 6.45) is 24.5. The molecule has 0 fully saturated rings. The third kappa shape index (κ3) is 10.5. The molecule has 0 N–H and O–H groups in total. The maximum absolute atomic E-state index is 5.34. The van der Waals surface area contributed by atoms with E-state index in [-0.39, 0.29) is 0 Å². The topological polar surface area (TPSA) is 80.6 Å². The summed E-state index contributed by atoms with van der Waals surface area (Å²) in [5.74, 6) is 2.05. The second-order valence-electron chi connectivity index (χ2n) is 21.7. The molecule has 0 aromatic carbocycles. The van der Waals surface area contributed by atoms with E-state index in [4.69, 9.17) is 27.5 Å². The summed E-state index contributed by atoms with van der Waals surface area (Å²) in [7, 11) is -0.132. The molecule has 400 valence electrons. The van der Waals surface area contributed by atoms with Crippen LogP contribution in [0.25, 0.3) is 92.6 Å². The largest absolute Gasteiger partial charge is 0.366 e. The molecule has 0 bridgehead atoms. The van der Waals surface area contributed by atoms with Crippen molar-refractivity contribution in [1.82, 2.24) is 27.5 Å². The Hall–Kier alpha value is -3.32. The van der Waals surface area contributed by atoms with E-state index in [0.29, 0.717) is 17.8 Å². The van der Waals surface area contributed by atoms with Crippen LogP contribution in [0.15, 0.2) is 48.8 Å². The summed E-state index contributed by atoms with van der Waals surface area (Å²) in [5, 5.41) is 4.67. The lowest BCUT2D eigenvalue weighted by atomic mass is 9.94. The molecule has 0 spiro atoms. The predicted octanol–water partition coefficient (Wildman–Crippen LogP) is 20.5. The summed E-state index contributed by atoms with van der Waals surface area (Å²) < 4.78 is 25.6. The molecule has 10 aromatic heterocycles. The summed E-state index contributed by atoms with van der Waals surface area (Å²) >= 11 is 14.2. The maximum Gasteiger partial charge on any atom is 0.132 e. The van der Waals surface area contributed by atoms with Crippen LogP contribution in [0.4, 0.5) is 5.00 Å². The van der Waals surface area contributed by atoms with Crippen molar-refractivity contribution in [3.05, 3.63) is 53.7 Å². The Morgan fingerprint density at radius 2 is 0.934 bits per heavy atom. The van der Waals surface area contributed by atoms with Crippen LogP contribution in [0.3, 0.4) is 0 Å². The van der Waals surface area contributed by atoms with E-state index in [0.717, 1.165) is 51.1 Å². The van der Waals surface area contributed by atoms with Crippen LogP contribution in [0.1, 0.15) is 162 Å². The molecule has 76 heavy (non-hydrogen) atoms. The molecule has 0 saturated carbocycles. The van der Waals surface area contributed by atoms with Gasteiger partial charge >= 0.3 is 0 Å². The van der Waals surface area contributed by atoms with E-state index in [1.165, 1.54) is 191 Å². The minimum Gasteiger partial charge on any atom is -0.366 e. The lowest BCUT2D eigenvalue weighted by Crippen LogP contribution is -2.56. The number of hydrogen-bond acceptors (Lipinski definition) is 15. The zero-order valence-corrected chi connectivity index (χ0v) is 53.2. The van der Waals surface area contributed by atoms with Crippen molar-refractivity contribution >= 4 is 156 Å². The van der Waals surface area contributed by atoms with E-state index < -0.39 is 8.07 Å². The Balaban J connectivity index is 0.995. The Labute approximate surface area is 484 Å². The van der Waals surface area contributed by atoms with Crippen LogP contribution in [0, 0.1) is 11.8 Å². The molecular weight excluding hydrogens is 1100 g/mol. The zero-order chi connectivity index (χ0) is 52.5. The number of pyridine rings is 2. The number of unbranched alkanes of at least 4 members (excludes halogenated alkanes) is 5. The molecule has 11 rings (SSSR count).